The molecule has 1 N–H and O–H groups in total. The van der Waals surface area contributed by atoms with E-state index in [-0.39, 0.29) is 42.7 Å². The number of piperidine rings is 1. The molecule has 3 rings (SSSR count). The first kappa shape index (κ1) is 18.7. The van der Waals surface area contributed by atoms with Crippen LogP contribution in [0, 0.1) is 5.92 Å². The summed E-state index contributed by atoms with van der Waals surface area (Å²) in [6.45, 7) is 0.781. The van der Waals surface area contributed by atoms with Gasteiger partial charge in [-0.1, -0.05) is 0 Å². The second-order valence-corrected chi connectivity index (χ2v) is 8.96. The lowest BCUT2D eigenvalue weighted by Gasteiger charge is -2.40. The Kier molecular flexibility index (Phi) is 5.52. The summed E-state index contributed by atoms with van der Waals surface area (Å²) >= 11 is 0. The molecule has 0 bridgehead atoms. The fourth-order valence-electron chi connectivity index (χ4n) is 3.43. The molecular weight excluding hydrogens is 360 g/mol. The predicted octanol–water partition coefficient (Wildman–Crippen LogP) is -0.144. The van der Waals surface area contributed by atoms with Crippen LogP contribution in [0.25, 0.3) is 0 Å². The number of ether oxygens (including phenoxy) is 1. The van der Waals surface area contributed by atoms with Gasteiger partial charge in [0.05, 0.1) is 30.0 Å². The molecule has 0 aliphatic carbocycles. The number of fused-ring (bicyclic) bond motifs is 1. The number of hydrogen-bond donors (Lipinski definition) is 1. The Hall–Kier alpha value is -2.07. The molecule has 3 atom stereocenters. The minimum atomic E-state index is -3.22. The number of nitrogens with zero attached hydrogens (tertiary/aromatic N) is 3. The van der Waals surface area contributed by atoms with E-state index in [4.69, 9.17) is 4.74 Å². The van der Waals surface area contributed by atoms with Crippen LogP contribution < -0.4 is 5.32 Å². The first-order chi connectivity index (χ1) is 12.3. The topological polar surface area (TPSA) is 119 Å². The highest BCUT2D eigenvalue weighted by Crippen LogP contribution is 2.32. The molecule has 26 heavy (non-hydrogen) atoms. The average molecular weight is 382 g/mol. The van der Waals surface area contributed by atoms with E-state index in [0.717, 1.165) is 6.26 Å². The van der Waals surface area contributed by atoms with Crippen molar-refractivity contribution in [2.45, 2.75) is 31.4 Å². The minimum Gasteiger partial charge on any atom is -0.376 e. The molecule has 1 aromatic rings. The highest BCUT2D eigenvalue weighted by molar-refractivity contribution is 7.90. The number of nitrogens with one attached hydrogen (secondary N) is 1. The van der Waals surface area contributed by atoms with Gasteiger partial charge in [-0.05, 0) is 12.8 Å². The number of hydrogen-bond acceptors (Lipinski definition) is 7. The van der Waals surface area contributed by atoms with Crippen LogP contribution in [0.3, 0.4) is 0 Å². The monoisotopic (exact) mass is 382 g/mol. The summed E-state index contributed by atoms with van der Waals surface area (Å²) in [5, 5.41) is 2.71. The average Bonchev–Trinajstić information content (AvgIpc) is 3.07. The summed E-state index contributed by atoms with van der Waals surface area (Å²) in [4.78, 5) is 34.7. The Bertz CT molecular complexity index is 770. The van der Waals surface area contributed by atoms with Gasteiger partial charge in [0.25, 0.3) is 0 Å². The van der Waals surface area contributed by atoms with E-state index >= 15 is 0 Å². The van der Waals surface area contributed by atoms with E-state index < -0.39 is 15.8 Å². The Morgan fingerprint density at radius 1 is 1.38 bits per heavy atom. The lowest BCUT2D eigenvalue weighted by molar-refractivity contribution is -0.140. The van der Waals surface area contributed by atoms with Gasteiger partial charge in [0.1, 0.15) is 9.84 Å². The molecule has 0 saturated carbocycles. The molecule has 2 amide bonds. The molecular formula is C16H22N4O5S. The number of likely N-dealkylation sites (tertiary alicyclic amines) is 1. The van der Waals surface area contributed by atoms with E-state index in [9.17, 15) is 18.0 Å². The Labute approximate surface area is 152 Å². The smallest absolute Gasteiger partial charge is 0.230 e. The van der Waals surface area contributed by atoms with Gasteiger partial charge in [0.2, 0.25) is 11.8 Å². The molecule has 2 saturated heterocycles. The number of amides is 2. The summed E-state index contributed by atoms with van der Waals surface area (Å²) in [5.41, 5.74) is 0. The van der Waals surface area contributed by atoms with Crippen molar-refractivity contribution >= 4 is 27.5 Å². The third kappa shape index (κ3) is 4.55. The van der Waals surface area contributed by atoms with E-state index in [1.165, 1.54) is 18.6 Å². The van der Waals surface area contributed by atoms with Crippen molar-refractivity contribution in [1.82, 2.24) is 14.9 Å². The molecule has 2 aliphatic rings. The van der Waals surface area contributed by atoms with Crippen LogP contribution in [0.1, 0.15) is 19.3 Å². The van der Waals surface area contributed by atoms with Crippen molar-refractivity contribution in [3.8, 4) is 0 Å². The third-order valence-corrected chi connectivity index (χ3v) is 5.65. The Morgan fingerprint density at radius 2 is 2.19 bits per heavy atom. The summed E-state index contributed by atoms with van der Waals surface area (Å²) in [5.74, 6) is -0.800. The molecule has 2 aliphatic heterocycles. The molecule has 9 nitrogen and oxygen atoms in total. The maximum Gasteiger partial charge on any atom is 0.230 e. The van der Waals surface area contributed by atoms with Crippen molar-refractivity contribution in [2.75, 3.05) is 30.5 Å². The normalized spacial score (nSPS) is 25.6. The molecule has 0 unspecified atom stereocenters. The van der Waals surface area contributed by atoms with Crippen molar-refractivity contribution in [3.63, 3.8) is 0 Å². The van der Waals surface area contributed by atoms with E-state index in [0.29, 0.717) is 25.3 Å². The van der Waals surface area contributed by atoms with Gasteiger partial charge < -0.3 is 15.0 Å². The minimum absolute atomic E-state index is 0.0828. The third-order valence-electron chi connectivity index (χ3n) is 4.70. The van der Waals surface area contributed by atoms with Crippen LogP contribution in [0.2, 0.25) is 0 Å². The van der Waals surface area contributed by atoms with Gasteiger partial charge in [-0.15, -0.1) is 0 Å². The number of carbonyl (C=O) groups excluding carboxylic acids is 2. The highest BCUT2D eigenvalue weighted by Gasteiger charge is 2.44. The molecule has 0 aromatic carbocycles. The molecule has 0 radical (unpaired) electrons. The number of rotatable bonds is 5. The second kappa shape index (κ2) is 7.67. The van der Waals surface area contributed by atoms with Crippen LogP contribution in [0.4, 0.5) is 5.82 Å². The second-order valence-electron chi connectivity index (χ2n) is 6.70. The van der Waals surface area contributed by atoms with Gasteiger partial charge in [-0.2, -0.15) is 0 Å². The maximum absolute atomic E-state index is 12.6. The summed E-state index contributed by atoms with van der Waals surface area (Å²) in [7, 11) is -3.22. The van der Waals surface area contributed by atoms with E-state index in [1.54, 1.807) is 4.90 Å². The highest BCUT2D eigenvalue weighted by atomic mass is 32.2. The molecule has 2 fully saturated rings. The fraction of sp³-hybridized carbons (Fsp3) is 0.625. The predicted molar refractivity (Wildman–Crippen MR) is 93.0 cm³/mol. The van der Waals surface area contributed by atoms with Gasteiger partial charge in [0, 0.05) is 38.2 Å². The van der Waals surface area contributed by atoms with Crippen LogP contribution in [-0.2, 0) is 24.2 Å². The van der Waals surface area contributed by atoms with E-state index in [2.05, 4.69) is 15.3 Å². The number of carbonyl (C=O) groups is 2. The van der Waals surface area contributed by atoms with E-state index in [1.807, 2.05) is 0 Å². The number of aromatic nitrogens is 2. The Morgan fingerprint density at radius 3 is 2.88 bits per heavy atom. The quantitative estimate of drug-likeness (QED) is 0.752. The van der Waals surface area contributed by atoms with Gasteiger partial charge in [0.15, 0.2) is 5.82 Å². The zero-order chi connectivity index (χ0) is 18.7. The fourth-order valence-corrected chi connectivity index (χ4v) is 3.98. The molecule has 3 heterocycles. The molecule has 0 spiro atoms. The SMILES string of the molecule is CS(=O)(=O)CCC(=O)N1C[C@H](C(=O)Nc2cnccn2)C[C@H]2OCC[C@H]21. The molecule has 1 aromatic heterocycles. The van der Waals surface area contributed by atoms with Crippen LogP contribution >= 0.6 is 0 Å². The lowest BCUT2D eigenvalue weighted by atomic mass is 9.89. The lowest BCUT2D eigenvalue weighted by Crippen LogP contribution is -2.54. The number of sulfone groups is 1. The molecule has 10 heteroatoms. The van der Waals surface area contributed by atoms with Crippen molar-refractivity contribution in [1.29, 1.82) is 0 Å². The van der Waals surface area contributed by atoms with Crippen LogP contribution in [0.15, 0.2) is 18.6 Å². The largest absolute Gasteiger partial charge is 0.376 e. The summed E-state index contributed by atoms with van der Waals surface area (Å²) in [6.07, 6.45) is 6.48. The summed E-state index contributed by atoms with van der Waals surface area (Å²) in [6, 6.07) is -0.0948. The van der Waals surface area contributed by atoms with Crippen LogP contribution in [0.5, 0.6) is 0 Å². The summed E-state index contributed by atoms with van der Waals surface area (Å²) < 4.78 is 28.4. The van der Waals surface area contributed by atoms with Crippen molar-refractivity contribution in [2.24, 2.45) is 5.92 Å². The van der Waals surface area contributed by atoms with Gasteiger partial charge in [-0.25, -0.2) is 13.4 Å². The van der Waals surface area contributed by atoms with Gasteiger partial charge >= 0.3 is 0 Å². The molecule has 142 valence electrons. The zero-order valence-electron chi connectivity index (χ0n) is 14.5. The standard InChI is InChI=1S/C16H22N4O5S/c1-26(23,24)7-3-15(21)20-10-11(8-13-12(20)2-6-25-13)16(22)19-14-9-17-4-5-18-14/h4-5,9,11-13H,2-3,6-8,10H2,1H3,(H,18,19,22)/t11-,12-,13-/m1/s1. The van der Waals surface area contributed by atoms with Crippen molar-refractivity contribution < 1.29 is 22.7 Å². The van der Waals surface area contributed by atoms with Crippen molar-refractivity contribution in [3.05, 3.63) is 18.6 Å². The maximum atomic E-state index is 12.6. The number of anilines is 1. The first-order valence-electron chi connectivity index (χ1n) is 8.49. The Balaban J connectivity index is 1.69. The van der Waals surface area contributed by atoms with Gasteiger partial charge in [-0.3, -0.25) is 14.6 Å². The first-order valence-corrected chi connectivity index (χ1v) is 10.6. The zero-order valence-corrected chi connectivity index (χ0v) is 15.3. The van der Waals surface area contributed by atoms with Crippen LogP contribution in [-0.4, -0.2) is 72.4 Å².